The van der Waals surface area contributed by atoms with Gasteiger partial charge in [-0.15, -0.1) is 0 Å². The Kier molecular flexibility index (Phi) is 4.02. The molecule has 0 aliphatic rings. The van der Waals surface area contributed by atoms with E-state index in [4.69, 9.17) is 16.3 Å². The first kappa shape index (κ1) is 13.4. The summed E-state index contributed by atoms with van der Waals surface area (Å²) in [5.41, 5.74) is 1.43. The minimum Gasteiger partial charge on any atom is -0.410 e. The molecule has 0 spiro atoms. The maximum atomic E-state index is 12.7. The summed E-state index contributed by atoms with van der Waals surface area (Å²) in [7, 11) is 0. The molecule has 2 rings (SSSR count). The summed E-state index contributed by atoms with van der Waals surface area (Å²) in [6, 6.07) is 10.3. The van der Waals surface area contributed by atoms with Gasteiger partial charge >= 0.3 is 6.09 Å². The van der Waals surface area contributed by atoms with Crippen LogP contribution in [-0.2, 0) is 0 Å². The van der Waals surface area contributed by atoms with Crippen LogP contribution in [0, 0.1) is 12.7 Å². The van der Waals surface area contributed by atoms with Gasteiger partial charge in [-0.3, -0.25) is 5.32 Å². The molecule has 0 aliphatic heterocycles. The number of nitrogens with one attached hydrogen (secondary N) is 1. The smallest absolute Gasteiger partial charge is 0.410 e. The van der Waals surface area contributed by atoms with Crippen LogP contribution in [0.15, 0.2) is 42.5 Å². The number of carbonyl (C=O) groups is 1. The van der Waals surface area contributed by atoms with Gasteiger partial charge in [0.05, 0.1) is 0 Å². The summed E-state index contributed by atoms with van der Waals surface area (Å²) in [4.78, 5) is 11.6. The van der Waals surface area contributed by atoms with Crippen LogP contribution in [-0.4, -0.2) is 6.09 Å². The number of hydrogen-bond donors (Lipinski definition) is 1. The highest BCUT2D eigenvalue weighted by Gasteiger charge is 2.07. The molecule has 0 fully saturated rings. The fraction of sp³-hybridized carbons (Fsp3) is 0.0714. The van der Waals surface area contributed by atoms with Crippen LogP contribution in [0.2, 0.25) is 5.02 Å². The van der Waals surface area contributed by atoms with Gasteiger partial charge in [-0.25, -0.2) is 9.18 Å². The fourth-order valence-electron chi connectivity index (χ4n) is 1.51. The molecule has 0 heterocycles. The number of ether oxygens (including phenoxy) is 1. The van der Waals surface area contributed by atoms with E-state index in [0.717, 1.165) is 5.56 Å². The Bertz CT molecular complexity index is 599. The maximum Gasteiger partial charge on any atom is 0.417 e. The van der Waals surface area contributed by atoms with Gasteiger partial charge in [0, 0.05) is 10.7 Å². The molecule has 0 atom stereocenters. The van der Waals surface area contributed by atoms with Gasteiger partial charge in [-0.2, -0.15) is 0 Å². The molecule has 0 saturated carbocycles. The second kappa shape index (κ2) is 5.71. The summed E-state index contributed by atoms with van der Waals surface area (Å²) < 4.78 is 17.7. The van der Waals surface area contributed by atoms with Gasteiger partial charge in [0.1, 0.15) is 11.6 Å². The van der Waals surface area contributed by atoms with Gasteiger partial charge in [-0.1, -0.05) is 11.6 Å². The zero-order valence-electron chi connectivity index (χ0n) is 10.1. The molecule has 98 valence electrons. The third kappa shape index (κ3) is 3.69. The molecule has 0 aromatic heterocycles. The summed E-state index contributed by atoms with van der Waals surface area (Å²) in [6.07, 6.45) is -0.642. The summed E-state index contributed by atoms with van der Waals surface area (Å²) in [5, 5.41) is 3.18. The lowest BCUT2D eigenvalue weighted by atomic mass is 10.2. The SMILES string of the molecule is Cc1cc(Cl)ccc1NC(=O)Oc1ccc(F)cc1. The van der Waals surface area contributed by atoms with Crippen molar-refractivity contribution in [3.05, 3.63) is 58.9 Å². The molecule has 2 aromatic rings. The lowest BCUT2D eigenvalue weighted by Gasteiger charge is -2.09. The molecular weight excluding hydrogens is 269 g/mol. The van der Waals surface area contributed by atoms with E-state index < -0.39 is 6.09 Å². The Hall–Kier alpha value is -2.07. The van der Waals surface area contributed by atoms with E-state index >= 15 is 0 Å². The van der Waals surface area contributed by atoms with Crippen LogP contribution in [0.25, 0.3) is 0 Å². The average Bonchev–Trinajstić information content (AvgIpc) is 2.36. The molecule has 3 nitrogen and oxygen atoms in total. The highest BCUT2D eigenvalue weighted by Crippen LogP contribution is 2.20. The van der Waals surface area contributed by atoms with Crippen molar-refractivity contribution in [1.29, 1.82) is 0 Å². The predicted octanol–water partition coefficient (Wildman–Crippen LogP) is 4.40. The Morgan fingerprint density at radius 3 is 2.53 bits per heavy atom. The lowest BCUT2D eigenvalue weighted by Crippen LogP contribution is -2.17. The van der Waals surface area contributed by atoms with Crippen molar-refractivity contribution < 1.29 is 13.9 Å². The third-order valence-corrected chi connectivity index (χ3v) is 2.68. The van der Waals surface area contributed by atoms with Crippen LogP contribution in [0.4, 0.5) is 14.9 Å². The van der Waals surface area contributed by atoms with E-state index in [0.29, 0.717) is 10.7 Å². The topological polar surface area (TPSA) is 38.3 Å². The van der Waals surface area contributed by atoms with Crippen molar-refractivity contribution in [2.24, 2.45) is 0 Å². The molecule has 1 N–H and O–H groups in total. The Balaban J connectivity index is 2.03. The van der Waals surface area contributed by atoms with Crippen LogP contribution >= 0.6 is 11.6 Å². The summed E-state index contributed by atoms with van der Waals surface area (Å²) >= 11 is 5.82. The first-order valence-corrected chi connectivity index (χ1v) is 5.93. The number of halogens is 2. The van der Waals surface area contributed by atoms with E-state index in [2.05, 4.69) is 5.32 Å². The van der Waals surface area contributed by atoms with Gasteiger partial charge in [-0.05, 0) is 55.0 Å². The zero-order chi connectivity index (χ0) is 13.8. The number of carbonyl (C=O) groups excluding carboxylic acids is 1. The average molecular weight is 280 g/mol. The van der Waals surface area contributed by atoms with Gasteiger partial charge in [0.2, 0.25) is 0 Å². The van der Waals surface area contributed by atoms with Gasteiger partial charge in [0.15, 0.2) is 0 Å². The number of aryl methyl sites for hydroxylation is 1. The second-order valence-corrected chi connectivity index (χ2v) is 4.36. The van der Waals surface area contributed by atoms with Gasteiger partial charge < -0.3 is 4.74 Å². The minimum atomic E-state index is -0.642. The van der Waals surface area contributed by atoms with Gasteiger partial charge in [0.25, 0.3) is 0 Å². The number of amides is 1. The molecule has 0 saturated heterocycles. The molecule has 0 bridgehead atoms. The summed E-state index contributed by atoms with van der Waals surface area (Å²) in [5.74, 6) is -0.119. The van der Waals surface area contributed by atoms with Crippen molar-refractivity contribution in [3.8, 4) is 5.75 Å². The number of benzene rings is 2. The van der Waals surface area contributed by atoms with E-state index in [1.165, 1.54) is 24.3 Å². The fourth-order valence-corrected chi connectivity index (χ4v) is 1.74. The Morgan fingerprint density at radius 2 is 1.89 bits per heavy atom. The minimum absolute atomic E-state index is 0.269. The van der Waals surface area contributed by atoms with Crippen LogP contribution in [0.5, 0.6) is 5.75 Å². The maximum absolute atomic E-state index is 12.7. The highest BCUT2D eigenvalue weighted by atomic mass is 35.5. The standard InChI is InChI=1S/C14H11ClFNO2/c1-9-8-10(15)2-7-13(9)17-14(18)19-12-5-3-11(16)4-6-12/h2-8H,1H3,(H,17,18). The molecular formula is C14H11ClFNO2. The monoisotopic (exact) mass is 279 g/mol. The molecule has 0 unspecified atom stereocenters. The van der Waals surface area contributed by atoms with Crippen molar-refractivity contribution in [2.75, 3.05) is 5.32 Å². The summed E-state index contributed by atoms with van der Waals surface area (Å²) in [6.45, 7) is 1.82. The van der Waals surface area contributed by atoms with E-state index in [9.17, 15) is 9.18 Å². The molecule has 2 aromatic carbocycles. The highest BCUT2D eigenvalue weighted by molar-refractivity contribution is 6.30. The number of rotatable bonds is 2. The first-order chi connectivity index (χ1) is 9.04. The first-order valence-electron chi connectivity index (χ1n) is 5.55. The second-order valence-electron chi connectivity index (χ2n) is 3.93. The molecule has 0 aliphatic carbocycles. The zero-order valence-corrected chi connectivity index (χ0v) is 10.9. The molecule has 5 heteroatoms. The molecule has 19 heavy (non-hydrogen) atoms. The quantitative estimate of drug-likeness (QED) is 0.885. The van der Waals surface area contributed by atoms with Crippen LogP contribution in [0.3, 0.4) is 0 Å². The van der Waals surface area contributed by atoms with E-state index in [1.54, 1.807) is 18.2 Å². The van der Waals surface area contributed by atoms with Crippen molar-refractivity contribution in [1.82, 2.24) is 0 Å². The van der Waals surface area contributed by atoms with E-state index in [-0.39, 0.29) is 11.6 Å². The molecule has 0 radical (unpaired) electrons. The largest absolute Gasteiger partial charge is 0.417 e. The van der Waals surface area contributed by atoms with Crippen LogP contribution < -0.4 is 10.1 Å². The number of anilines is 1. The third-order valence-electron chi connectivity index (χ3n) is 2.45. The Labute approximate surface area is 115 Å². The predicted molar refractivity (Wildman–Crippen MR) is 72.2 cm³/mol. The van der Waals surface area contributed by atoms with Crippen molar-refractivity contribution in [2.45, 2.75) is 6.92 Å². The lowest BCUT2D eigenvalue weighted by molar-refractivity contribution is 0.215. The van der Waals surface area contributed by atoms with Crippen molar-refractivity contribution in [3.63, 3.8) is 0 Å². The molecule has 1 amide bonds. The normalized spacial score (nSPS) is 10.1. The Morgan fingerprint density at radius 1 is 1.21 bits per heavy atom. The number of hydrogen-bond acceptors (Lipinski definition) is 2. The van der Waals surface area contributed by atoms with E-state index in [1.807, 2.05) is 6.92 Å². The van der Waals surface area contributed by atoms with Crippen LogP contribution in [0.1, 0.15) is 5.56 Å². The van der Waals surface area contributed by atoms with Crippen molar-refractivity contribution >= 4 is 23.4 Å².